The maximum Gasteiger partial charge on any atom is 0.276 e. The largest absolute Gasteiger partial charge is 0.493 e. The van der Waals surface area contributed by atoms with Crippen molar-refractivity contribution >= 4 is 11.8 Å². The van der Waals surface area contributed by atoms with E-state index in [4.69, 9.17) is 14.2 Å². The first-order chi connectivity index (χ1) is 17.5. The van der Waals surface area contributed by atoms with Gasteiger partial charge in [0.05, 0.1) is 31.6 Å². The molecule has 0 radical (unpaired) electrons. The van der Waals surface area contributed by atoms with E-state index in [-0.39, 0.29) is 24.0 Å². The highest BCUT2D eigenvalue weighted by Crippen LogP contribution is 2.33. The normalized spacial score (nSPS) is 20.3. The number of hydrogen-bond acceptors (Lipinski definition) is 7. The SMILES string of the molecule is COc1ccc2cc1Oc1cccc(c1)CO[C@@H]1CCN(C(=O)c3n[nH]nc3C)C[C@@H]1NC(=O)CC2. The van der Waals surface area contributed by atoms with Crippen molar-refractivity contribution in [2.75, 3.05) is 20.2 Å². The molecular formula is C26H29N5O5. The molecule has 2 aliphatic rings. The van der Waals surface area contributed by atoms with Gasteiger partial charge in [-0.2, -0.15) is 15.4 Å². The third kappa shape index (κ3) is 5.18. The van der Waals surface area contributed by atoms with Crippen molar-refractivity contribution < 1.29 is 23.8 Å². The van der Waals surface area contributed by atoms with E-state index >= 15 is 0 Å². The number of likely N-dealkylation sites (tertiary alicyclic amines) is 1. The molecule has 0 unspecified atom stereocenters. The number of fused-ring (bicyclic) bond motifs is 5. The molecule has 3 aromatic rings. The molecule has 1 saturated heterocycles. The topological polar surface area (TPSA) is 119 Å². The van der Waals surface area contributed by atoms with Gasteiger partial charge in [-0.3, -0.25) is 9.59 Å². The number of H-pyrrole nitrogens is 1. The highest BCUT2D eigenvalue weighted by atomic mass is 16.5. The van der Waals surface area contributed by atoms with E-state index in [1.807, 2.05) is 42.5 Å². The predicted octanol–water partition coefficient (Wildman–Crippen LogP) is 2.78. The second kappa shape index (κ2) is 10.4. The number of nitrogens with one attached hydrogen (secondary N) is 2. The van der Waals surface area contributed by atoms with Crippen LogP contribution in [0.25, 0.3) is 0 Å². The van der Waals surface area contributed by atoms with E-state index in [0.717, 1.165) is 11.1 Å². The van der Waals surface area contributed by atoms with Crippen LogP contribution in [0.15, 0.2) is 42.5 Å². The quantitative estimate of drug-likeness (QED) is 0.566. The second-order valence-electron chi connectivity index (χ2n) is 9.06. The van der Waals surface area contributed by atoms with Gasteiger partial charge >= 0.3 is 0 Å². The predicted molar refractivity (Wildman–Crippen MR) is 130 cm³/mol. The molecule has 2 atom stereocenters. The van der Waals surface area contributed by atoms with Crippen LogP contribution < -0.4 is 14.8 Å². The summed E-state index contributed by atoms with van der Waals surface area (Å²) in [6.45, 7) is 2.91. The van der Waals surface area contributed by atoms with Crippen LogP contribution >= 0.6 is 0 Å². The van der Waals surface area contributed by atoms with Crippen LogP contribution in [-0.4, -0.2) is 64.5 Å². The summed E-state index contributed by atoms with van der Waals surface area (Å²) >= 11 is 0. The number of ether oxygens (including phenoxy) is 3. The van der Waals surface area contributed by atoms with Crippen molar-refractivity contribution in [2.45, 2.75) is 44.9 Å². The molecule has 4 bridgehead atoms. The van der Waals surface area contributed by atoms with Crippen molar-refractivity contribution in [2.24, 2.45) is 0 Å². The first-order valence-electron chi connectivity index (χ1n) is 12.0. The number of piperidine rings is 1. The molecule has 1 aromatic heterocycles. The number of carbonyl (C=O) groups is 2. The molecule has 0 spiro atoms. The standard InChI is InChI=1S/C26H29N5O5/c1-16-25(29-30-28-16)26(33)31-11-10-21-20(14-31)27-24(32)9-7-17-6-8-22(34-2)23(13-17)36-19-5-3-4-18(12-19)15-35-21/h3-6,8,12-13,20-21H,7,9-11,14-15H2,1-2H3,(H,27,32)(H,28,29,30)/t20-,21+/m0/s1. The Morgan fingerprint density at radius 2 is 2.03 bits per heavy atom. The van der Waals surface area contributed by atoms with Gasteiger partial charge in [0, 0.05) is 19.5 Å². The van der Waals surface area contributed by atoms with E-state index in [2.05, 4.69) is 20.7 Å². The molecule has 2 aromatic carbocycles. The summed E-state index contributed by atoms with van der Waals surface area (Å²) in [6.07, 6.45) is 1.17. The molecule has 188 valence electrons. The minimum absolute atomic E-state index is 0.103. The number of hydrogen-bond donors (Lipinski definition) is 2. The highest BCUT2D eigenvalue weighted by Gasteiger charge is 2.34. The molecule has 36 heavy (non-hydrogen) atoms. The average molecular weight is 492 g/mol. The van der Waals surface area contributed by atoms with E-state index in [0.29, 0.717) is 67.6 Å². The Labute approximate surface area is 208 Å². The van der Waals surface area contributed by atoms with E-state index < -0.39 is 0 Å². The van der Waals surface area contributed by atoms with Gasteiger partial charge < -0.3 is 24.4 Å². The number of aromatic amines is 1. The first kappa shape index (κ1) is 23.8. The zero-order valence-electron chi connectivity index (χ0n) is 20.3. The minimum Gasteiger partial charge on any atom is -0.493 e. The second-order valence-corrected chi connectivity index (χ2v) is 9.06. The fourth-order valence-corrected chi connectivity index (χ4v) is 4.61. The molecule has 1 fully saturated rings. The molecule has 2 aliphatic heterocycles. The number of nitrogens with zero attached hydrogens (tertiary/aromatic N) is 3. The van der Waals surface area contributed by atoms with Crippen molar-refractivity contribution in [1.82, 2.24) is 25.6 Å². The molecule has 5 rings (SSSR count). The van der Waals surface area contributed by atoms with Crippen molar-refractivity contribution in [1.29, 1.82) is 0 Å². The summed E-state index contributed by atoms with van der Waals surface area (Å²) in [4.78, 5) is 27.7. The fourth-order valence-electron chi connectivity index (χ4n) is 4.61. The number of carbonyl (C=O) groups excluding carboxylic acids is 2. The lowest BCUT2D eigenvalue weighted by atomic mass is 10.0. The zero-order valence-corrected chi connectivity index (χ0v) is 20.3. The van der Waals surface area contributed by atoms with Crippen LogP contribution in [0.5, 0.6) is 17.2 Å². The molecule has 10 heteroatoms. The Kier molecular flexibility index (Phi) is 6.86. The Balaban J connectivity index is 1.39. The van der Waals surface area contributed by atoms with Crippen LogP contribution in [-0.2, 0) is 22.6 Å². The summed E-state index contributed by atoms with van der Waals surface area (Å²) in [5, 5.41) is 13.6. The zero-order chi connectivity index (χ0) is 25.1. The lowest BCUT2D eigenvalue weighted by Gasteiger charge is -2.38. The van der Waals surface area contributed by atoms with Crippen LogP contribution in [0, 0.1) is 6.92 Å². The maximum atomic E-state index is 13.0. The average Bonchev–Trinajstić information content (AvgIpc) is 3.32. The van der Waals surface area contributed by atoms with E-state index in [1.54, 1.807) is 18.9 Å². The summed E-state index contributed by atoms with van der Waals surface area (Å²) in [5.41, 5.74) is 2.75. The number of aromatic nitrogens is 3. The molecule has 10 nitrogen and oxygen atoms in total. The molecule has 0 saturated carbocycles. The van der Waals surface area contributed by atoms with E-state index in [1.165, 1.54) is 0 Å². The fraction of sp³-hybridized carbons (Fsp3) is 0.385. The Bertz CT molecular complexity index is 1260. The van der Waals surface area contributed by atoms with Gasteiger partial charge in [0.25, 0.3) is 5.91 Å². The highest BCUT2D eigenvalue weighted by molar-refractivity contribution is 5.93. The number of aryl methyl sites for hydroxylation is 2. The summed E-state index contributed by atoms with van der Waals surface area (Å²) < 4.78 is 17.9. The van der Waals surface area contributed by atoms with Crippen LogP contribution in [0.1, 0.15) is 40.2 Å². The van der Waals surface area contributed by atoms with Crippen LogP contribution in [0.2, 0.25) is 0 Å². The lowest BCUT2D eigenvalue weighted by molar-refractivity contribution is -0.124. The number of methoxy groups -OCH3 is 1. The Morgan fingerprint density at radius 3 is 2.83 bits per heavy atom. The molecule has 2 amide bonds. The van der Waals surface area contributed by atoms with Crippen molar-refractivity contribution in [3.05, 3.63) is 65.0 Å². The maximum absolute atomic E-state index is 13.0. The third-order valence-electron chi connectivity index (χ3n) is 6.57. The van der Waals surface area contributed by atoms with Gasteiger partial charge in [0.2, 0.25) is 5.91 Å². The van der Waals surface area contributed by atoms with E-state index in [9.17, 15) is 9.59 Å². The third-order valence-corrected chi connectivity index (χ3v) is 6.57. The Hall–Kier alpha value is -3.92. The minimum atomic E-state index is -0.349. The van der Waals surface area contributed by atoms with Crippen LogP contribution in [0.3, 0.4) is 0 Å². The summed E-state index contributed by atoms with van der Waals surface area (Å²) in [6, 6.07) is 13.0. The summed E-state index contributed by atoms with van der Waals surface area (Å²) in [5.74, 6) is 1.58. The summed E-state index contributed by atoms with van der Waals surface area (Å²) in [7, 11) is 1.60. The molecular weight excluding hydrogens is 462 g/mol. The molecule has 0 aliphatic carbocycles. The number of rotatable bonds is 2. The monoisotopic (exact) mass is 491 g/mol. The molecule has 3 heterocycles. The van der Waals surface area contributed by atoms with Gasteiger partial charge in [0.15, 0.2) is 17.2 Å². The number of benzene rings is 2. The van der Waals surface area contributed by atoms with Gasteiger partial charge in [-0.25, -0.2) is 0 Å². The smallest absolute Gasteiger partial charge is 0.276 e. The number of amides is 2. The Morgan fingerprint density at radius 1 is 1.14 bits per heavy atom. The van der Waals surface area contributed by atoms with Gasteiger partial charge in [0.1, 0.15) is 5.75 Å². The molecule has 2 N–H and O–H groups in total. The van der Waals surface area contributed by atoms with Gasteiger partial charge in [-0.05, 0) is 55.2 Å². The first-order valence-corrected chi connectivity index (χ1v) is 12.0. The van der Waals surface area contributed by atoms with Gasteiger partial charge in [-0.1, -0.05) is 18.2 Å². The van der Waals surface area contributed by atoms with Gasteiger partial charge in [-0.15, -0.1) is 0 Å². The van der Waals surface area contributed by atoms with Crippen molar-refractivity contribution in [3.8, 4) is 17.2 Å². The van der Waals surface area contributed by atoms with Crippen LogP contribution in [0.4, 0.5) is 0 Å². The lowest BCUT2D eigenvalue weighted by Crippen LogP contribution is -2.57. The van der Waals surface area contributed by atoms with Crippen molar-refractivity contribution in [3.63, 3.8) is 0 Å².